The van der Waals surface area contributed by atoms with E-state index in [1.54, 1.807) is 12.1 Å². The fourth-order valence-electron chi connectivity index (χ4n) is 3.07. The molecule has 0 spiro atoms. The molecule has 2 N–H and O–H groups in total. The van der Waals surface area contributed by atoms with E-state index in [4.69, 9.17) is 5.73 Å². The van der Waals surface area contributed by atoms with Gasteiger partial charge in [-0.3, -0.25) is 4.98 Å². The molecular formula is C17H19FN2. The molecule has 0 saturated heterocycles. The molecule has 1 aliphatic carbocycles. The molecule has 2 nitrogen and oxygen atoms in total. The zero-order valence-corrected chi connectivity index (χ0v) is 11.5. The van der Waals surface area contributed by atoms with Gasteiger partial charge in [0.2, 0.25) is 0 Å². The van der Waals surface area contributed by atoms with Crippen molar-refractivity contribution >= 4 is 5.69 Å². The third-order valence-electron chi connectivity index (χ3n) is 4.17. The van der Waals surface area contributed by atoms with E-state index in [1.165, 1.54) is 44.2 Å². The van der Waals surface area contributed by atoms with Crippen molar-refractivity contribution in [2.45, 2.75) is 38.0 Å². The molecule has 1 aromatic carbocycles. The number of aromatic nitrogens is 1. The summed E-state index contributed by atoms with van der Waals surface area (Å²) in [6.45, 7) is 0. The van der Waals surface area contributed by atoms with E-state index in [0.29, 0.717) is 5.92 Å². The van der Waals surface area contributed by atoms with Crippen LogP contribution in [0, 0.1) is 5.82 Å². The summed E-state index contributed by atoms with van der Waals surface area (Å²) >= 11 is 0. The molecule has 3 heteroatoms. The van der Waals surface area contributed by atoms with Crippen molar-refractivity contribution in [1.82, 2.24) is 4.98 Å². The first-order valence-corrected chi connectivity index (χ1v) is 7.26. The van der Waals surface area contributed by atoms with E-state index in [2.05, 4.69) is 4.98 Å². The molecule has 0 aliphatic heterocycles. The average molecular weight is 270 g/mol. The number of hydrogen-bond acceptors (Lipinski definition) is 2. The SMILES string of the molecule is Nc1c(-c2ccc(F)cc2)ccnc1C1CCCCC1. The molecule has 0 unspecified atom stereocenters. The highest BCUT2D eigenvalue weighted by atomic mass is 19.1. The first kappa shape index (κ1) is 13.1. The number of nitrogen functional groups attached to an aromatic ring is 1. The molecule has 0 amide bonds. The Labute approximate surface area is 118 Å². The molecule has 20 heavy (non-hydrogen) atoms. The summed E-state index contributed by atoms with van der Waals surface area (Å²) in [5, 5.41) is 0. The highest BCUT2D eigenvalue weighted by Gasteiger charge is 2.20. The van der Waals surface area contributed by atoms with Gasteiger partial charge in [-0.15, -0.1) is 0 Å². The third-order valence-corrected chi connectivity index (χ3v) is 4.17. The molecule has 3 rings (SSSR count). The van der Waals surface area contributed by atoms with E-state index in [0.717, 1.165) is 22.5 Å². The van der Waals surface area contributed by atoms with Crippen molar-refractivity contribution in [2.75, 3.05) is 5.73 Å². The molecule has 1 aliphatic rings. The van der Waals surface area contributed by atoms with E-state index in [1.807, 2.05) is 12.3 Å². The van der Waals surface area contributed by atoms with Crippen LogP contribution in [0.25, 0.3) is 11.1 Å². The third kappa shape index (κ3) is 2.53. The van der Waals surface area contributed by atoms with Gasteiger partial charge < -0.3 is 5.73 Å². The highest BCUT2D eigenvalue weighted by molar-refractivity contribution is 5.77. The smallest absolute Gasteiger partial charge is 0.123 e. The van der Waals surface area contributed by atoms with E-state index < -0.39 is 0 Å². The van der Waals surface area contributed by atoms with Crippen molar-refractivity contribution in [3.8, 4) is 11.1 Å². The summed E-state index contributed by atoms with van der Waals surface area (Å²) in [6, 6.07) is 8.39. The Hall–Kier alpha value is -1.90. The maximum absolute atomic E-state index is 13.0. The van der Waals surface area contributed by atoms with E-state index in [-0.39, 0.29) is 5.82 Å². The van der Waals surface area contributed by atoms with Crippen molar-refractivity contribution in [1.29, 1.82) is 0 Å². The summed E-state index contributed by atoms with van der Waals surface area (Å²) in [4.78, 5) is 4.51. The quantitative estimate of drug-likeness (QED) is 0.871. The molecule has 1 aromatic heterocycles. The zero-order chi connectivity index (χ0) is 13.9. The number of hydrogen-bond donors (Lipinski definition) is 1. The summed E-state index contributed by atoms with van der Waals surface area (Å²) in [5.74, 6) is 0.248. The van der Waals surface area contributed by atoms with Crippen LogP contribution in [0.5, 0.6) is 0 Å². The van der Waals surface area contributed by atoms with Crippen LogP contribution in [-0.2, 0) is 0 Å². The Balaban J connectivity index is 1.98. The monoisotopic (exact) mass is 270 g/mol. The minimum Gasteiger partial charge on any atom is -0.397 e. The second kappa shape index (κ2) is 5.61. The van der Waals surface area contributed by atoms with Crippen molar-refractivity contribution in [2.24, 2.45) is 0 Å². The van der Waals surface area contributed by atoms with Crippen LogP contribution >= 0.6 is 0 Å². The maximum atomic E-state index is 13.0. The second-order valence-electron chi connectivity index (χ2n) is 5.50. The Kier molecular flexibility index (Phi) is 3.68. The van der Waals surface area contributed by atoms with Gasteiger partial charge in [-0.2, -0.15) is 0 Å². The first-order chi connectivity index (χ1) is 9.75. The molecule has 104 valence electrons. The van der Waals surface area contributed by atoms with Gasteiger partial charge in [0.05, 0.1) is 11.4 Å². The predicted octanol–water partition coefficient (Wildman–Crippen LogP) is 4.52. The summed E-state index contributed by atoms with van der Waals surface area (Å²) < 4.78 is 13.0. The molecule has 0 bridgehead atoms. The lowest BCUT2D eigenvalue weighted by Gasteiger charge is -2.23. The topological polar surface area (TPSA) is 38.9 Å². The van der Waals surface area contributed by atoms with Gasteiger partial charge in [-0.05, 0) is 36.6 Å². The van der Waals surface area contributed by atoms with Gasteiger partial charge in [-0.1, -0.05) is 31.4 Å². The number of nitrogens with zero attached hydrogens (tertiary/aromatic N) is 1. The maximum Gasteiger partial charge on any atom is 0.123 e. The standard InChI is InChI=1S/C17H19FN2/c18-14-8-6-12(7-9-14)15-10-11-20-17(16(15)19)13-4-2-1-3-5-13/h6-11,13H,1-5,19H2. The minimum absolute atomic E-state index is 0.228. The van der Waals surface area contributed by atoms with Crippen LogP contribution in [0.4, 0.5) is 10.1 Å². The lowest BCUT2D eigenvalue weighted by molar-refractivity contribution is 0.438. The zero-order valence-electron chi connectivity index (χ0n) is 11.5. The lowest BCUT2D eigenvalue weighted by Crippen LogP contribution is -2.10. The normalized spacial score (nSPS) is 16.2. The van der Waals surface area contributed by atoms with E-state index >= 15 is 0 Å². The molecular weight excluding hydrogens is 251 g/mol. The van der Waals surface area contributed by atoms with Gasteiger partial charge in [0, 0.05) is 17.7 Å². The van der Waals surface area contributed by atoms with Crippen molar-refractivity contribution < 1.29 is 4.39 Å². The summed E-state index contributed by atoms with van der Waals surface area (Å²) in [5.41, 5.74) is 10.0. The number of anilines is 1. The number of rotatable bonds is 2. The fourth-order valence-corrected chi connectivity index (χ4v) is 3.07. The predicted molar refractivity (Wildman–Crippen MR) is 79.9 cm³/mol. The van der Waals surface area contributed by atoms with Gasteiger partial charge in [0.25, 0.3) is 0 Å². The number of pyridine rings is 1. The highest BCUT2D eigenvalue weighted by Crippen LogP contribution is 2.37. The molecule has 0 atom stereocenters. The summed E-state index contributed by atoms with van der Waals surface area (Å²) in [7, 11) is 0. The number of halogens is 1. The van der Waals surface area contributed by atoms with Crippen LogP contribution < -0.4 is 5.73 Å². The summed E-state index contributed by atoms with van der Waals surface area (Å²) in [6.07, 6.45) is 7.99. The molecule has 1 heterocycles. The van der Waals surface area contributed by atoms with Crippen molar-refractivity contribution in [3.63, 3.8) is 0 Å². The largest absolute Gasteiger partial charge is 0.397 e. The molecule has 2 aromatic rings. The Morgan fingerprint density at radius 3 is 2.40 bits per heavy atom. The second-order valence-corrected chi connectivity index (χ2v) is 5.50. The molecule has 0 radical (unpaired) electrons. The van der Waals surface area contributed by atoms with Gasteiger partial charge >= 0.3 is 0 Å². The molecule has 1 fully saturated rings. The Bertz CT molecular complexity index is 586. The van der Waals surface area contributed by atoms with Gasteiger partial charge in [0.1, 0.15) is 5.82 Å². The van der Waals surface area contributed by atoms with Gasteiger partial charge in [0.15, 0.2) is 0 Å². The van der Waals surface area contributed by atoms with Crippen LogP contribution in [0.2, 0.25) is 0 Å². The lowest BCUT2D eigenvalue weighted by atomic mass is 9.85. The Morgan fingerprint density at radius 2 is 1.70 bits per heavy atom. The minimum atomic E-state index is -0.228. The van der Waals surface area contributed by atoms with Crippen LogP contribution in [0.15, 0.2) is 36.5 Å². The van der Waals surface area contributed by atoms with Gasteiger partial charge in [-0.25, -0.2) is 4.39 Å². The van der Waals surface area contributed by atoms with Crippen LogP contribution in [0.3, 0.4) is 0 Å². The first-order valence-electron chi connectivity index (χ1n) is 7.26. The van der Waals surface area contributed by atoms with Crippen LogP contribution in [-0.4, -0.2) is 4.98 Å². The van der Waals surface area contributed by atoms with Crippen LogP contribution in [0.1, 0.15) is 43.7 Å². The Morgan fingerprint density at radius 1 is 1.00 bits per heavy atom. The fraction of sp³-hybridized carbons (Fsp3) is 0.353. The number of benzene rings is 1. The number of nitrogens with two attached hydrogens (primary N) is 1. The average Bonchev–Trinajstić information content (AvgIpc) is 2.49. The van der Waals surface area contributed by atoms with E-state index in [9.17, 15) is 4.39 Å². The van der Waals surface area contributed by atoms with Crippen molar-refractivity contribution in [3.05, 3.63) is 48.0 Å². The molecule has 1 saturated carbocycles.